The molecule has 0 saturated carbocycles. The van der Waals surface area contributed by atoms with E-state index in [0.717, 1.165) is 21.0 Å². The molecule has 0 aliphatic carbocycles. The molecule has 2 aliphatic rings. The van der Waals surface area contributed by atoms with E-state index in [4.69, 9.17) is 4.74 Å². The van der Waals surface area contributed by atoms with Gasteiger partial charge in [-0.2, -0.15) is 17.7 Å². The minimum absolute atomic E-state index is 0.00960. The Morgan fingerprint density at radius 1 is 1.17 bits per heavy atom. The average Bonchev–Trinajstić information content (AvgIpc) is 3.32. The Balaban J connectivity index is 1.39. The van der Waals surface area contributed by atoms with Crippen molar-refractivity contribution in [3.05, 3.63) is 46.4 Å². The summed E-state index contributed by atoms with van der Waals surface area (Å²) >= 11 is 0. The van der Waals surface area contributed by atoms with E-state index in [1.54, 1.807) is 20.8 Å². The van der Waals surface area contributed by atoms with E-state index in [1.807, 2.05) is 4.72 Å². The summed E-state index contributed by atoms with van der Waals surface area (Å²) in [5, 5.41) is 3.37. The molecule has 2 aliphatic heterocycles. The lowest BCUT2D eigenvalue weighted by Gasteiger charge is -2.39. The average molecular weight is 610 g/mol. The fourth-order valence-electron chi connectivity index (χ4n) is 4.71. The zero-order chi connectivity index (χ0) is 30.6. The lowest BCUT2D eigenvalue weighted by Crippen LogP contribution is -2.58. The monoisotopic (exact) mass is 609 g/mol. The predicted molar refractivity (Wildman–Crippen MR) is 149 cm³/mol. The number of anilines is 2. The van der Waals surface area contributed by atoms with Crippen molar-refractivity contribution in [2.45, 2.75) is 45.0 Å². The molecule has 0 bridgehead atoms. The van der Waals surface area contributed by atoms with Gasteiger partial charge in [0.05, 0.1) is 22.9 Å². The summed E-state index contributed by atoms with van der Waals surface area (Å²) in [6, 6.07) is 2.80. The highest BCUT2D eigenvalue weighted by atomic mass is 32.2. The number of alkyl halides is 1. The molecule has 0 unspecified atom stereocenters. The maximum Gasteiger partial charge on any atom is 0.410 e. The highest BCUT2D eigenvalue weighted by molar-refractivity contribution is 7.90. The van der Waals surface area contributed by atoms with Gasteiger partial charge in [-0.3, -0.25) is 14.1 Å². The molecule has 5 rings (SSSR count). The Kier molecular flexibility index (Phi) is 7.55. The van der Waals surface area contributed by atoms with Gasteiger partial charge in [0.1, 0.15) is 23.2 Å². The second kappa shape index (κ2) is 10.7. The van der Waals surface area contributed by atoms with Crippen LogP contribution < -0.4 is 15.6 Å². The van der Waals surface area contributed by atoms with Crippen LogP contribution in [0.1, 0.15) is 27.2 Å². The van der Waals surface area contributed by atoms with Crippen molar-refractivity contribution in [1.82, 2.24) is 23.7 Å². The molecule has 2 N–H and O–H groups in total. The van der Waals surface area contributed by atoms with Crippen LogP contribution in [0.25, 0.3) is 22.2 Å². The molecule has 1 amide bonds. The van der Waals surface area contributed by atoms with E-state index in [9.17, 15) is 26.8 Å². The van der Waals surface area contributed by atoms with Gasteiger partial charge >= 0.3 is 16.3 Å². The highest BCUT2D eigenvalue weighted by Gasteiger charge is 2.35. The number of nitrogens with zero attached hydrogens (tertiary/aromatic N) is 5. The fraction of sp³-hybridized carbons (Fsp3) is 0.462. The SMILES string of the molecule is Cn1c(=O)c(-c2c(F)ccc(NS(=O)(=O)N3CC[C@@H](F)C3)c2F)cc2cnc(NC3CN(C(=O)OC(C)(C)C)C3)nc21. The van der Waals surface area contributed by atoms with Crippen molar-refractivity contribution in [3.63, 3.8) is 0 Å². The van der Waals surface area contributed by atoms with Crippen molar-refractivity contribution in [2.75, 3.05) is 36.2 Å². The van der Waals surface area contributed by atoms with Gasteiger partial charge in [0.15, 0.2) is 5.82 Å². The summed E-state index contributed by atoms with van der Waals surface area (Å²) in [4.78, 5) is 35.6. The topological polar surface area (TPSA) is 139 Å². The Morgan fingerprint density at radius 2 is 1.88 bits per heavy atom. The second-order valence-corrected chi connectivity index (χ2v) is 12.9. The number of ether oxygens (including phenoxy) is 1. The van der Waals surface area contributed by atoms with Crippen LogP contribution in [0.3, 0.4) is 0 Å². The van der Waals surface area contributed by atoms with Crippen LogP contribution in [-0.4, -0.2) is 82.2 Å². The van der Waals surface area contributed by atoms with Crippen molar-refractivity contribution in [1.29, 1.82) is 0 Å². The summed E-state index contributed by atoms with van der Waals surface area (Å²) in [7, 11) is -2.94. The van der Waals surface area contributed by atoms with Crippen LogP contribution in [0.5, 0.6) is 0 Å². The zero-order valence-corrected chi connectivity index (χ0v) is 24.1. The van der Waals surface area contributed by atoms with Gasteiger partial charge in [0, 0.05) is 44.8 Å². The molecule has 12 nitrogen and oxygen atoms in total. The third kappa shape index (κ3) is 5.86. The number of halogens is 3. The number of pyridine rings is 1. The summed E-state index contributed by atoms with van der Waals surface area (Å²) in [5.41, 5.74) is -2.92. The number of rotatable bonds is 6. The van der Waals surface area contributed by atoms with Crippen LogP contribution in [0.15, 0.2) is 29.2 Å². The van der Waals surface area contributed by atoms with Gasteiger partial charge in [0.2, 0.25) is 5.95 Å². The molecule has 2 saturated heterocycles. The number of aromatic nitrogens is 3. The number of aryl methyl sites for hydroxylation is 1. The summed E-state index contributed by atoms with van der Waals surface area (Å²) in [5.74, 6) is -2.20. The van der Waals surface area contributed by atoms with Crippen molar-refractivity contribution >= 4 is 39.0 Å². The number of likely N-dealkylation sites (tertiary alicyclic amines) is 1. The minimum Gasteiger partial charge on any atom is -0.444 e. The number of amides is 1. The Hall–Kier alpha value is -3.92. The van der Waals surface area contributed by atoms with Gasteiger partial charge in [0.25, 0.3) is 5.56 Å². The molecule has 0 radical (unpaired) electrons. The van der Waals surface area contributed by atoms with Gasteiger partial charge < -0.3 is 15.0 Å². The first-order valence-corrected chi connectivity index (χ1v) is 14.6. The number of hydrogen-bond acceptors (Lipinski definition) is 8. The number of benzene rings is 1. The maximum absolute atomic E-state index is 15.6. The van der Waals surface area contributed by atoms with E-state index in [2.05, 4.69) is 15.3 Å². The summed E-state index contributed by atoms with van der Waals surface area (Å²) in [6.07, 6.45) is -0.387. The first kappa shape index (κ1) is 29.6. The molecule has 4 heterocycles. The first-order chi connectivity index (χ1) is 19.6. The van der Waals surface area contributed by atoms with E-state index in [1.165, 1.54) is 24.2 Å². The van der Waals surface area contributed by atoms with Crippen LogP contribution in [0, 0.1) is 11.6 Å². The lowest BCUT2D eigenvalue weighted by molar-refractivity contribution is 0.0104. The highest BCUT2D eigenvalue weighted by Crippen LogP contribution is 2.31. The first-order valence-electron chi connectivity index (χ1n) is 13.1. The number of carbonyl (C=O) groups is 1. The number of carbonyl (C=O) groups excluding carboxylic acids is 1. The lowest BCUT2D eigenvalue weighted by atomic mass is 10.0. The van der Waals surface area contributed by atoms with Crippen molar-refractivity contribution < 1.29 is 31.1 Å². The largest absolute Gasteiger partial charge is 0.444 e. The normalized spacial score (nSPS) is 18.3. The second-order valence-electron chi connectivity index (χ2n) is 11.3. The fourth-order valence-corrected chi connectivity index (χ4v) is 5.98. The quantitative estimate of drug-likeness (QED) is 0.435. The van der Waals surface area contributed by atoms with Crippen LogP contribution in [-0.2, 0) is 22.0 Å². The van der Waals surface area contributed by atoms with Crippen molar-refractivity contribution in [2.24, 2.45) is 7.05 Å². The number of nitrogens with one attached hydrogen (secondary N) is 2. The van der Waals surface area contributed by atoms with Gasteiger partial charge in [-0.1, -0.05) is 0 Å². The van der Waals surface area contributed by atoms with Crippen LogP contribution in [0.4, 0.5) is 29.6 Å². The van der Waals surface area contributed by atoms with E-state index < -0.39 is 56.5 Å². The number of fused-ring (bicyclic) bond motifs is 1. The molecule has 16 heteroatoms. The molecule has 42 heavy (non-hydrogen) atoms. The molecule has 226 valence electrons. The molecule has 1 aromatic carbocycles. The molecular formula is C26H30F3N7O5S. The molecule has 2 aromatic heterocycles. The van der Waals surface area contributed by atoms with Gasteiger partial charge in [-0.25, -0.2) is 22.9 Å². The maximum atomic E-state index is 15.6. The predicted octanol–water partition coefficient (Wildman–Crippen LogP) is 3.01. The van der Waals surface area contributed by atoms with Gasteiger partial charge in [-0.15, -0.1) is 0 Å². The van der Waals surface area contributed by atoms with E-state index >= 15 is 4.39 Å². The molecule has 0 spiro atoms. The molecular weight excluding hydrogens is 579 g/mol. The smallest absolute Gasteiger partial charge is 0.410 e. The number of hydrogen-bond donors (Lipinski definition) is 2. The van der Waals surface area contributed by atoms with E-state index in [0.29, 0.717) is 13.1 Å². The third-order valence-corrected chi connectivity index (χ3v) is 8.34. The summed E-state index contributed by atoms with van der Waals surface area (Å²) in [6.45, 7) is 5.58. The molecule has 2 fully saturated rings. The summed E-state index contributed by atoms with van der Waals surface area (Å²) < 4.78 is 78.6. The Labute approximate surface area is 239 Å². The third-order valence-electron chi connectivity index (χ3n) is 6.85. The van der Waals surface area contributed by atoms with Crippen LogP contribution in [0.2, 0.25) is 0 Å². The van der Waals surface area contributed by atoms with Crippen LogP contribution >= 0.6 is 0 Å². The standard InChI is InChI=1S/C26H30F3N7O5S/c1-26(2,3)41-25(38)35-12-16(13-35)31-24-30-10-14-9-17(23(37)34(4)22(14)32-24)20-18(28)5-6-19(21(20)29)33-42(39,40)36-8-7-15(27)11-36/h5-6,9-10,15-16,33H,7-8,11-13H2,1-4H3,(H,30,31,32)/t15-/m1/s1. The minimum atomic E-state index is -4.32. The molecule has 3 aromatic rings. The van der Waals surface area contributed by atoms with Crippen molar-refractivity contribution in [3.8, 4) is 11.1 Å². The Bertz CT molecular complexity index is 1720. The van der Waals surface area contributed by atoms with Gasteiger partial charge in [-0.05, 0) is 45.4 Å². The zero-order valence-electron chi connectivity index (χ0n) is 23.3. The Morgan fingerprint density at radius 3 is 2.52 bits per heavy atom. The van der Waals surface area contributed by atoms with E-state index in [-0.39, 0.29) is 48.1 Å². The molecule has 1 atom stereocenters.